The third-order valence-corrected chi connectivity index (χ3v) is 6.00. The van der Waals surface area contributed by atoms with Crippen LogP contribution in [0.1, 0.15) is 54.4 Å². The Hall–Kier alpha value is -0.120. The summed E-state index contributed by atoms with van der Waals surface area (Å²) < 4.78 is 0. The second kappa shape index (κ2) is 5.21. The normalized spacial score (nSPS) is 36.0. The molecule has 0 amide bonds. The van der Waals surface area contributed by atoms with Crippen molar-refractivity contribution in [2.75, 3.05) is 32.7 Å². The van der Waals surface area contributed by atoms with Crippen molar-refractivity contribution in [3.63, 3.8) is 0 Å². The van der Waals surface area contributed by atoms with Gasteiger partial charge in [0.05, 0.1) is 0 Å². The lowest BCUT2D eigenvalue weighted by Crippen LogP contribution is -2.47. The van der Waals surface area contributed by atoms with Gasteiger partial charge in [0.2, 0.25) is 0 Å². The SMILES string of the molecule is CC(C)(C)N1CCC(CN2[C@@H]3CN(C(C)(C)C)C[C@@H]32)CC1. The zero-order chi connectivity index (χ0) is 15.4. The number of piperidine rings is 1. The highest BCUT2D eigenvalue weighted by molar-refractivity contribution is 5.12. The Balaban J connectivity index is 1.42. The van der Waals surface area contributed by atoms with Crippen LogP contribution in [0.4, 0.5) is 0 Å². The van der Waals surface area contributed by atoms with E-state index in [0.717, 1.165) is 18.0 Å². The van der Waals surface area contributed by atoms with Gasteiger partial charge in [-0.3, -0.25) is 14.7 Å². The van der Waals surface area contributed by atoms with Gasteiger partial charge in [0, 0.05) is 42.8 Å². The van der Waals surface area contributed by atoms with Gasteiger partial charge < -0.3 is 0 Å². The maximum atomic E-state index is 2.79. The van der Waals surface area contributed by atoms with Crippen molar-refractivity contribution in [2.45, 2.75) is 77.5 Å². The highest BCUT2D eigenvalue weighted by Gasteiger charge is 2.55. The summed E-state index contributed by atoms with van der Waals surface area (Å²) in [5, 5.41) is 0. The molecule has 3 aliphatic rings. The summed E-state index contributed by atoms with van der Waals surface area (Å²) in [6.07, 6.45) is 2.80. The van der Waals surface area contributed by atoms with Crippen LogP contribution in [0.25, 0.3) is 0 Å². The fourth-order valence-corrected chi connectivity index (χ4v) is 4.27. The van der Waals surface area contributed by atoms with Crippen molar-refractivity contribution >= 4 is 0 Å². The van der Waals surface area contributed by atoms with E-state index in [1.54, 1.807) is 0 Å². The van der Waals surface area contributed by atoms with Crippen molar-refractivity contribution in [1.82, 2.24) is 14.7 Å². The molecule has 3 heteroatoms. The van der Waals surface area contributed by atoms with Gasteiger partial charge in [-0.05, 0) is 73.4 Å². The molecule has 3 aliphatic heterocycles. The Kier molecular flexibility index (Phi) is 3.91. The lowest BCUT2D eigenvalue weighted by molar-refractivity contribution is 0.0775. The van der Waals surface area contributed by atoms with E-state index < -0.39 is 0 Å². The average Bonchev–Trinajstić information content (AvgIpc) is 2.82. The Morgan fingerprint density at radius 3 is 1.67 bits per heavy atom. The minimum Gasteiger partial charge on any atom is -0.298 e. The van der Waals surface area contributed by atoms with Crippen LogP contribution in [-0.2, 0) is 0 Å². The Morgan fingerprint density at radius 1 is 0.762 bits per heavy atom. The van der Waals surface area contributed by atoms with Gasteiger partial charge in [-0.25, -0.2) is 0 Å². The zero-order valence-electron chi connectivity index (χ0n) is 15.0. The number of fused-ring (bicyclic) bond motifs is 1. The molecule has 3 fully saturated rings. The molecule has 0 aromatic heterocycles. The summed E-state index contributed by atoms with van der Waals surface area (Å²) in [7, 11) is 0. The van der Waals surface area contributed by atoms with E-state index in [1.165, 1.54) is 45.6 Å². The first-order chi connectivity index (χ1) is 9.66. The summed E-state index contributed by atoms with van der Waals surface area (Å²) in [5.74, 6) is 0.942. The first-order valence-corrected chi connectivity index (χ1v) is 8.92. The molecule has 122 valence electrons. The van der Waals surface area contributed by atoms with Crippen LogP contribution in [0.5, 0.6) is 0 Å². The molecule has 21 heavy (non-hydrogen) atoms. The van der Waals surface area contributed by atoms with Crippen molar-refractivity contribution in [2.24, 2.45) is 5.92 Å². The molecule has 0 radical (unpaired) electrons. The van der Waals surface area contributed by atoms with Gasteiger partial charge in [-0.1, -0.05) is 0 Å². The van der Waals surface area contributed by atoms with Crippen LogP contribution in [0, 0.1) is 5.92 Å². The van der Waals surface area contributed by atoms with Crippen LogP contribution in [0.3, 0.4) is 0 Å². The van der Waals surface area contributed by atoms with Gasteiger partial charge >= 0.3 is 0 Å². The van der Waals surface area contributed by atoms with E-state index in [-0.39, 0.29) is 0 Å². The van der Waals surface area contributed by atoms with E-state index in [1.807, 2.05) is 0 Å². The molecule has 0 bridgehead atoms. The lowest BCUT2D eigenvalue weighted by atomic mass is 9.93. The van der Waals surface area contributed by atoms with E-state index in [0.29, 0.717) is 11.1 Å². The summed E-state index contributed by atoms with van der Waals surface area (Å²) in [6, 6.07) is 1.76. The van der Waals surface area contributed by atoms with Crippen LogP contribution in [0.15, 0.2) is 0 Å². The molecule has 0 spiro atoms. The molecule has 1 unspecified atom stereocenters. The molecule has 3 atom stereocenters. The van der Waals surface area contributed by atoms with E-state index in [4.69, 9.17) is 0 Å². The molecule has 0 saturated carbocycles. The number of rotatable bonds is 2. The Bertz CT molecular complexity index is 347. The van der Waals surface area contributed by atoms with Gasteiger partial charge in [0.25, 0.3) is 0 Å². The fraction of sp³-hybridized carbons (Fsp3) is 1.00. The maximum absolute atomic E-state index is 2.79. The third-order valence-electron chi connectivity index (χ3n) is 6.00. The predicted molar refractivity (Wildman–Crippen MR) is 89.7 cm³/mol. The monoisotopic (exact) mass is 293 g/mol. The Morgan fingerprint density at radius 2 is 1.24 bits per heavy atom. The highest BCUT2D eigenvalue weighted by atomic mass is 15.5. The van der Waals surface area contributed by atoms with Gasteiger partial charge in [0.1, 0.15) is 0 Å². The largest absolute Gasteiger partial charge is 0.298 e. The molecular formula is C18H35N3. The summed E-state index contributed by atoms with van der Waals surface area (Å²) in [5.41, 5.74) is 0.714. The standard InChI is InChI=1S/C18H35N3/c1-17(2,3)19-9-7-14(8-10-19)11-21-15-12-20(13-16(15)21)18(4,5)6/h14-16H,7-13H2,1-6H3/t15-,16+,21?. The highest BCUT2D eigenvalue weighted by Crippen LogP contribution is 2.40. The van der Waals surface area contributed by atoms with Crippen molar-refractivity contribution < 1.29 is 0 Å². The molecule has 3 heterocycles. The minimum absolute atomic E-state index is 0.356. The topological polar surface area (TPSA) is 9.49 Å². The van der Waals surface area contributed by atoms with Crippen LogP contribution >= 0.6 is 0 Å². The number of hydrogen-bond acceptors (Lipinski definition) is 3. The lowest BCUT2D eigenvalue weighted by Gasteiger charge is -2.41. The maximum Gasteiger partial charge on any atom is 0.0395 e. The van der Waals surface area contributed by atoms with Crippen LogP contribution in [-0.4, -0.2) is 70.6 Å². The van der Waals surface area contributed by atoms with Gasteiger partial charge in [-0.2, -0.15) is 0 Å². The van der Waals surface area contributed by atoms with Crippen LogP contribution in [0.2, 0.25) is 0 Å². The van der Waals surface area contributed by atoms with E-state index in [9.17, 15) is 0 Å². The molecule has 0 aliphatic carbocycles. The molecule has 0 N–H and O–H groups in total. The first-order valence-electron chi connectivity index (χ1n) is 8.92. The fourth-order valence-electron chi connectivity index (χ4n) is 4.27. The third kappa shape index (κ3) is 3.30. The molecule has 3 saturated heterocycles. The van der Waals surface area contributed by atoms with E-state index in [2.05, 4.69) is 56.2 Å². The summed E-state index contributed by atoms with van der Waals surface area (Å²) >= 11 is 0. The molecule has 0 aromatic rings. The van der Waals surface area contributed by atoms with Crippen molar-refractivity contribution in [3.05, 3.63) is 0 Å². The summed E-state index contributed by atoms with van der Waals surface area (Å²) in [6.45, 7) is 20.7. The molecule has 3 nitrogen and oxygen atoms in total. The van der Waals surface area contributed by atoms with Gasteiger partial charge in [-0.15, -0.1) is 0 Å². The number of nitrogens with zero attached hydrogens (tertiary/aromatic N) is 3. The molecular weight excluding hydrogens is 258 g/mol. The average molecular weight is 293 g/mol. The number of piperazine rings is 1. The van der Waals surface area contributed by atoms with Crippen molar-refractivity contribution in [3.8, 4) is 0 Å². The predicted octanol–water partition coefficient (Wildman–Crippen LogP) is 2.66. The molecule has 0 aromatic carbocycles. The zero-order valence-corrected chi connectivity index (χ0v) is 15.0. The van der Waals surface area contributed by atoms with Crippen LogP contribution < -0.4 is 0 Å². The smallest absolute Gasteiger partial charge is 0.0395 e. The van der Waals surface area contributed by atoms with E-state index >= 15 is 0 Å². The molecule has 3 rings (SSSR count). The Labute approximate surface area is 131 Å². The quantitative estimate of drug-likeness (QED) is 0.725. The first kappa shape index (κ1) is 15.8. The minimum atomic E-state index is 0.356. The number of hydrogen-bond donors (Lipinski definition) is 0. The summed E-state index contributed by atoms with van der Waals surface area (Å²) in [4.78, 5) is 8.12. The van der Waals surface area contributed by atoms with Gasteiger partial charge in [0.15, 0.2) is 0 Å². The second-order valence-corrected chi connectivity index (χ2v) is 9.51. The number of likely N-dealkylation sites (tertiary alicyclic amines) is 2. The second-order valence-electron chi connectivity index (χ2n) is 9.51. The van der Waals surface area contributed by atoms with Crippen molar-refractivity contribution in [1.29, 1.82) is 0 Å².